The zero-order valence-electron chi connectivity index (χ0n) is 16.8. The highest BCUT2D eigenvalue weighted by Gasteiger charge is 2.45. The smallest absolute Gasteiger partial charge is 0.0970 e. The van der Waals surface area contributed by atoms with Gasteiger partial charge in [0.05, 0.1) is 12.1 Å². The molecule has 1 N–H and O–H groups in total. The third-order valence-electron chi connectivity index (χ3n) is 5.72. The van der Waals surface area contributed by atoms with Gasteiger partial charge < -0.3 is 5.11 Å². The number of hydrogen-bond acceptors (Lipinski definition) is 2. The van der Waals surface area contributed by atoms with Crippen LogP contribution in [0.2, 0.25) is 0 Å². The van der Waals surface area contributed by atoms with E-state index in [1.54, 1.807) is 0 Å². The maximum Gasteiger partial charge on any atom is 0.0970 e. The van der Waals surface area contributed by atoms with Gasteiger partial charge in [0.25, 0.3) is 0 Å². The molecule has 2 heteroatoms. The van der Waals surface area contributed by atoms with E-state index in [2.05, 4.69) is 84.3 Å². The fourth-order valence-corrected chi connectivity index (χ4v) is 4.45. The van der Waals surface area contributed by atoms with Gasteiger partial charge >= 0.3 is 0 Å². The summed E-state index contributed by atoms with van der Waals surface area (Å²) in [6, 6.07) is 21.3. The van der Waals surface area contributed by atoms with Crippen LogP contribution in [0, 0.1) is 0 Å². The highest BCUT2D eigenvalue weighted by atomic mass is 16.3. The van der Waals surface area contributed by atoms with Gasteiger partial charge in [-0.2, -0.15) is 0 Å². The second kappa shape index (κ2) is 9.68. The molecule has 1 atom stereocenters. The highest BCUT2D eigenvalue weighted by molar-refractivity contribution is 5.51. The van der Waals surface area contributed by atoms with Crippen LogP contribution >= 0.6 is 0 Å². The van der Waals surface area contributed by atoms with Crippen molar-refractivity contribution in [3.8, 4) is 0 Å². The minimum Gasteiger partial charge on any atom is -0.395 e. The van der Waals surface area contributed by atoms with Crippen LogP contribution in [0.5, 0.6) is 0 Å². The lowest BCUT2D eigenvalue weighted by Crippen LogP contribution is -2.56. The third kappa shape index (κ3) is 3.89. The highest BCUT2D eigenvalue weighted by Crippen LogP contribution is 2.45. The molecule has 1 aliphatic rings. The molecule has 0 unspecified atom stereocenters. The standard InChI is InChI=1S/C26H31NO/c1-3-4-7-14-22(2)26(23-15-8-5-9-16-23,24-17-10-6-11-18-24)27-20-13-12-19-25(27)21-28/h3-11,14-18,25,28H,2,12-13,19-21H2,1H3/b4-3-,14-7-/t25-/m0/s1. The van der Waals surface area contributed by atoms with Gasteiger partial charge in [-0.25, -0.2) is 0 Å². The Kier molecular flexibility index (Phi) is 7.02. The molecule has 2 aromatic carbocycles. The number of likely N-dealkylation sites (tertiary alicyclic amines) is 1. The molecule has 0 aromatic heterocycles. The third-order valence-corrected chi connectivity index (χ3v) is 5.72. The first-order valence-electron chi connectivity index (χ1n) is 10.2. The van der Waals surface area contributed by atoms with E-state index in [1.165, 1.54) is 11.1 Å². The first-order chi connectivity index (χ1) is 13.7. The van der Waals surface area contributed by atoms with Crippen molar-refractivity contribution < 1.29 is 5.11 Å². The average Bonchev–Trinajstić information content (AvgIpc) is 2.76. The monoisotopic (exact) mass is 373 g/mol. The zero-order chi connectivity index (χ0) is 19.8. The summed E-state index contributed by atoms with van der Waals surface area (Å²) in [5.41, 5.74) is 2.89. The van der Waals surface area contributed by atoms with Crippen molar-refractivity contribution in [3.05, 3.63) is 108 Å². The molecular weight excluding hydrogens is 342 g/mol. The molecule has 1 fully saturated rings. The summed E-state index contributed by atoms with van der Waals surface area (Å²) in [4.78, 5) is 2.48. The van der Waals surface area contributed by atoms with Crippen LogP contribution in [0.1, 0.15) is 37.3 Å². The summed E-state index contributed by atoms with van der Waals surface area (Å²) >= 11 is 0. The Morgan fingerprint density at radius 3 is 2.18 bits per heavy atom. The van der Waals surface area contributed by atoms with E-state index in [0.29, 0.717) is 0 Å². The summed E-state index contributed by atoms with van der Waals surface area (Å²) < 4.78 is 0. The Balaban J connectivity index is 2.27. The number of allylic oxidation sites excluding steroid dienone is 3. The molecule has 0 amide bonds. The average molecular weight is 374 g/mol. The number of benzene rings is 2. The predicted molar refractivity (Wildman–Crippen MR) is 118 cm³/mol. The minimum absolute atomic E-state index is 0.112. The van der Waals surface area contributed by atoms with Crippen LogP contribution in [-0.4, -0.2) is 29.2 Å². The van der Waals surface area contributed by atoms with Crippen molar-refractivity contribution in [2.45, 2.75) is 37.8 Å². The zero-order valence-corrected chi connectivity index (χ0v) is 16.8. The Labute approximate surface area is 169 Å². The van der Waals surface area contributed by atoms with E-state index >= 15 is 0 Å². The molecule has 0 radical (unpaired) electrons. The lowest BCUT2D eigenvalue weighted by Gasteiger charge is -2.51. The summed E-state index contributed by atoms with van der Waals surface area (Å²) in [7, 11) is 0. The number of rotatable bonds is 7. The van der Waals surface area contributed by atoms with E-state index in [-0.39, 0.29) is 12.6 Å². The lowest BCUT2D eigenvalue weighted by atomic mass is 9.73. The Morgan fingerprint density at radius 1 is 1.04 bits per heavy atom. The summed E-state index contributed by atoms with van der Waals surface area (Å²) in [6.45, 7) is 7.66. The normalized spacial score (nSPS) is 18.7. The molecule has 1 aliphatic heterocycles. The van der Waals surface area contributed by atoms with Crippen molar-refractivity contribution in [2.24, 2.45) is 0 Å². The fourth-order valence-electron chi connectivity index (χ4n) is 4.45. The molecule has 28 heavy (non-hydrogen) atoms. The van der Waals surface area contributed by atoms with Gasteiger partial charge in [0.2, 0.25) is 0 Å². The summed E-state index contributed by atoms with van der Waals surface area (Å²) in [5.74, 6) is 0. The van der Waals surface area contributed by atoms with Crippen LogP contribution < -0.4 is 0 Å². The lowest BCUT2D eigenvalue weighted by molar-refractivity contribution is 0.0300. The van der Waals surface area contributed by atoms with Gasteiger partial charge in [-0.1, -0.05) is 98.0 Å². The maximum absolute atomic E-state index is 10.2. The number of nitrogens with zero attached hydrogens (tertiary/aromatic N) is 1. The van der Waals surface area contributed by atoms with Gasteiger partial charge in [-0.3, -0.25) is 4.90 Å². The predicted octanol–water partition coefficient (Wildman–Crippen LogP) is 5.47. The molecule has 0 saturated carbocycles. The van der Waals surface area contributed by atoms with Gasteiger partial charge in [0.1, 0.15) is 0 Å². The van der Waals surface area contributed by atoms with Crippen LogP contribution in [0.25, 0.3) is 0 Å². The van der Waals surface area contributed by atoms with Crippen molar-refractivity contribution in [1.29, 1.82) is 0 Å². The van der Waals surface area contributed by atoms with E-state index in [0.717, 1.165) is 31.4 Å². The summed E-state index contributed by atoms with van der Waals surface area (Å²) in [5, 5.41) is 10.2. The first-order valence-corrected chi connectivity index (χ1v) is 10.2. The molecule has 0 bridgehead atoms. The van der Waals surface area contributed by atoms with Crippen molar-refractivity contribution in [3.63, 3.8) is 0 Å². The number of piperidine rings is 1. The van der Waals surface area contributed by atoms with Crippen molar-refractivity contribution >= 4 is 0 Å². The SMILES string of the molecule is C=C(/C=C\C=C/C)C(c1ccccc1)(c1ccccc1)N1CCCC[C@H]1CO. The second-order valence-corrected chi connectivity index (χ2v) is 7.38. The molecule has 3 rings (SSSR count). The molecule has 1 saturated heterocycles. The van der Waals surface area contributed by atoms with Gasteiger partial charge in [0, 0.05) is 12.6 Å². The van der Waals surface area contributed by atoms with Gasteiger partial charge in [-0.05, 0) is 36.5 Å². The number of aliphatic hydroxyl groups excluding tert-OH is 1. The summed E-state index contributed by atoms with van der Waals surface area (Å²) in [6.07, 6.45) is 11.5. The number of aliphatic hydroxyl groups is 1. The van der Waals surface area contributed by atoms with E-state index < -0.39 is 5.54 Å². The van der Waals surface area contributed by atoms with Crippen LogP contribution in [-0.2, 0) is 5.54 Å². The van der Waals surface area contributed by atoms with Crippen LogP contribution in [0.4, 0.5) is 0 Å². The first kappa shape index (κ1) is 20.3. The number of hydrogen-bond donors (Lipinski definition) is 1. The van der Waals surface area contributed by atoms with Crippen molar-refractivity contribution in [1.82, 2.24) is 4.90 Å². The maximum atomic E-state index is 10.2. The quantitative estimate of drug-likeness (QED) is 0.651. The molecule has 0 spiro atoms. The Bertz CT molecular complexity index is 767. The molecule has 2 aromatic rings. The minimum atomic E-state index is -0.506. The molecule has 0 aliphatic carbocycles. The van der Waals surface area contributed by atoms with E-state index in [4.69, 9.17) is 0 Å². The Hall–Kier alpha value is -2.42. The largest absolute Gasteiger partial charge is 0.395 e. The van der Waals surface area contributed by atoms with E-state index in [1.807, 2.05) is 19.1 Å². The molecular formula is C26H31NO. The topological polar surface area (TPSA) is 23.5 Å². The van der Waals surface area contributed by atoms with Gasteiger partial charge in [-0.15, -0.1) is 0 Å². The van der Waals surface area contributed by atoms with Crippen LogP contribution in [0.15, 0.2) is 97.1 Å². The second-order valence-electron chi connectivity index (χ2n) is 7.38. The van der Waals surface area contributed by atoms with Gasteiger partial charge in [0.15, 0.2) is 0 Å². The van der Waals surface area contributed by atoms with E-state index in [9.17, 15) is 5.11 Å². The molecule has 1 heterocycles. The Morgan fingerprint density at radius 2 is 1.64 bits per heavy atom. The molecule has 146 valence electrons. The molecule has 2 nitrogen and oxygen atoms in total. The fraction of sp³-hybridized carbons (Fsp3) is 0.308. The van der Waals surface area contributed by atoms with Crippen LogP contribution in [0.3, 0.4) is 0 Å². The van der Waals surface area contributed by atoms with Crippen molar-refractivity contribution in [2.75, 3.05) is 13.2 Å².